The van der Waals surface area contributed by atoms with E-state index in [1.54, 1.807) is 0 Å². The van der Waals surface area contributed by atoms with Gasteiger partial charge in [-0.2, -0.15) is 0 Å². The van der Waals surface area contributed by atoms with E-state index in [9.17, 15) is 0 Å². The predicted molar refractivity (Wildman–Crippen MR) is 69.7 cm³/mol. The molecule has 1 saturated heterocycles. The number of nitrogens with one attached hydrogen (secondary N) is 1. The van der Waals surface area contributed by atoms with Crippen molar-refractivity contribution in [3.05, 3.63) is 29.8 Å². The molecule has 17 heavy (non-hydrogen) atoms. The maximum atomic E-state index is 7.36. The molecule has 1 fully saturated rings. The Morgan fingerprint density at radius 1 is 1.41 bits per heavy atom. The second-order valence-electron chi connectivity index (χ2n) is 4.50. The molecule has 0 saturated carbocycles. The van der Waals surface area contributed by atoms with Crippen LogP contribution < -0.4 is 10.6 Å². The van der Waals surface area contributed by atoms with Gasteiger partial charge in [-0.1, -0.05) is 0 Å². The highest BCUT2D eigenvalue weighted by Crippen LogP contribution is 2.24. The summed E-state index contributed by atoms with van der Waals surface area (Å²) < 4.78 is 5.57. The van der Waals surface area contributed by atoms with Crippen molar-refractivity contribution in [1.82, 2.24) is 0 Å². The quantitative estimate of drug-likeness (QED) is 0.615. The summed E-state index contributed by atoms with van der Waals surface area (Å²) in [4.78, 5) is 2.24. The first kappa shape index (κ1) is 11.9. The fourth-order valence-electron chi connectivity index (χ4n) is 2.30. The Kier molecular flexibility index (Phi) is 3.33. The topological polar surface area (TPSA) is 62.3 Å². The third kappa shape index (κ3) is 2.42. The number of benzene rings is 1. The zero-order valence-corrected chi connectivity index (χ0v) is 10.3. The molecule has 0 aliphatic carbocycles. The minimum atomic E-state index is 0.108. The van der Waals surface area contributed by atoms with Crippen molar-refractivity contribution >= 4 is 11.5 Å². The molecule has 1 aliphatic rings. The lowest BCUT2D eigenvalue weighted by atomic mass is 10.1. The van der Waals surface area contributed by atoms with Gasteiger partial charge in [0.05, 0.1) is 12.1 Å². The first-order valence-electron chi connectivity index (χ1n) is 5.88. The van der Waals surface area contributed by atoms with Gasteiger partial charge in [0.25, 0.3) is 0 Å². The summed E-state index contributed by atoms with van der Waals surface area (Å²) in [5.41, 5.74) is 7.33. The van der Waals surface area contributed by atoms with Crippen LogP contribution in [0.5, 0.6) is 0 Å². The molecule has 4 heteroatoms. The van der Waals surface area contributed by atoms with Crippen molar-refractivity contribution in [2.75, 3.05) is 18.6 Å². The molecule has 1 aromatic carbocycles. The van der Waals surface area contributed by atoms with Gasteiger partial charge in [0.2, 0.25) is 0 Å². The minimum Gasteiger partial charge on any atom is -0.384 e. The fourth-order valence-corrected chi connectivity index (χ4v) is 2.30. The number of hydrogen-bond donors (Lipinski definition) is 2. The Morgan fingerprint density at radius 3 is 2.53 bits per heavy atom. The van der Waals surface area contributed by atoms with Crippen molar-refractivity contribution in [2.45, 2.75) is 25.5 Å². The van der Waals surface area contributed by atoms with E-state index in [2.05, 4.69) is 18.9 Å². The molecular weight excluding hydrogens is 214 g/mol. The zero-order chi connectivity index (χ0) is 12.4. The Balaban J connectivity index is 2.14. The molecule has 1 aliphatic heterocycles. The van der Waals surface area contributed by atoms with Gasteiger partial charge in [0, 0.05) is 24.9 Å². The van der Waals surface area contributed by atoms with Gasteiger partial charge in [0.1, 0.15) is 5.84 Å². The van der Waals surface area contributed by atoms with Crippen molar-refractivity contribution in [1.29, 1.82) is 5.41 Å². The summed E-state index contributed by atoms with van der Waals surface area (Å²) in [6, 6.07) is 8.20. The van der Waals surface area contributed by atoms with Crippen LogP contribution in [0, 0.1) is 5.41 Å². The van der Waals surface area contributed by atoms with Crippen LogP contribution in [0.25, 0.3) is 0 Å². The molecule has 2 unspecified atom stereocenters. The maximum Gasteiger partial charge on any atom is 0.122 e. The van der Waals surface area contributed by atoms with E-state index in [1.807, 2.05) is 24.3 Å². The van der Waals surface area contributed by atoms with E-state index >= 15 is 0 Å². The van der Waals surface area contributed by atoms with Crippen LogP contribution in [-0.4, -0.2) is 31.6 Å². The summed E-state index contributed by atoms with van der Waals surface area (Å²) in [6.07, 6.45) is 1.33. The Morgan fingerprint density at radius 2 is 2.06 bits per heavy atom. The van der Waals surface area contributed by atoms with Crippen molar-refractivity contribution < 1.29 is 4.74 Å². The number of nitrogens with zero attached hydrogens (tertiary/aromatic N) is 1. The third-order valence-electron chi connectivity index (χ3n) is 3.42. The standard InChI is InChI=1S/C13H19N3O/c1-9-12(7-8-17-9)16(2)11-5-3-10(4-6-11)13(14)15/h3-6,9,12H,7-8H2,1-2H3,(H3,14,15). The second-order valence-corrected chi connectivity index (χ2v) is 4.50. The molecule has 2 atom stereocenters. The number of nitrogens with two attached hydrogens (primary N) is 1. The van der Waals surface area contributed by atoms with E-state index in [1.165, 1.54) is 0 Å². The van der Waals surface area contributed by atoms with Crippen LogP contribution in [-0.2, 0) is 4.74 Å². The first-order chi connectivity index (χ1) is 8.09. The lowest BCUT2D eigenvalue weighted by molar-refractivity contribution is 0.118. The van der Waals surface area contributed by atoms with Crippen LogP contribution in [0.4, 0.5) is 5.69 Å². The monoisotopic (exact) mass is 233 g/mol. The summed E-state index contributed by atoms with van der Waals surface area (Å²) in [5, 5.41) is 7.36. The van der Waals surface area contributed by atoms with E-state index in [-0.39, 0.29) is 11.9 Å². The van der Waals surface area contributed by atoms with Crippen molar-refractivity contribution in [3.8, 4) is 0 Å². The van der Waals surface area contributed by atoms with E-state index in [0.29, 0.717) is 6.04 Å². The van der Waals surface area contributed by atoms with Gasteiger partial charge in [-0.3, -0.25) is 5.41 Å². The zero-order valence-electron chi connectivity index (χ0n) is 10.3. The molecule has 92 valence electrons. The fraction of sp³-hybridized carbons (Fsp3) is 0.462. The second kappa shape index (κ2) is 4.75. The minimum absolute atomic E-state index is 0.108. The average molecular weight is 233 g/mol. The number of likely N-dealkylation sites (N-methyl/N-ethyl adjacent to an activating group) is 1. The SMILES string of the molecule is CC1OCCC1N(C)c1ccc(C(=N)N)cc1. The van der Waals surface area contributed by atoms with E-state index in [4.69, 9.17) is 15.9 Å². The number of ether oxygens (including phenoxy) is 1. The van der Waals surface area contributed by atoms with Crippen molar-refractivity contribution in [2.24, 2.45) is 5.73 Å². The summed E-state index contributed by atoms with van der Waals surface area (Å²) in [6.45, 7) is 2.94. The average Bonchev–Trinajstić information content (AvgIpc) is 2.74. The Hall–Kier alpha value is -1.55. The van der Waals surface area contributed by atoms with Crippen LogP contribution in [0.2, 0.25) is 0 Å². The van der Waals surface area contributed by atoms with Gasteiger partial charge >= 0.3 is 0 Å². The lowest BCUT2D eigenvalue weighted by Gasteiger charge is -2.28. The lowest BCUT2D eigenvalue weighted by Crippen LogP contribution is -2.36. The van der Waals surface area contributed by atoms with Crippen molar-refractivity contribution in [3.63, 3.8) is 0 Å². The van der Waals surface area contributed by atoms with Gasteiger partial charge in [-0.05, 0) is 37.6 Å². The van der Waals surface area contributed by atoms with Gasteiger partial charge in [-0.15, -0.1) is 0 Å². The Labute approximate surface area is 102 Å². The number of nitrogen functional groups attached to an aromatic ring is 1. The van der Waals surface area contributed by atoms with Gasteiger partial charge in [0.15, 0.2) is 0 Å². The van der Waals surface area contributed by atoms with Crippen LogP contribution in [0.15, 0.2) is 24.3 Å². The Bertz CT molecular complexity index is 402. The summed E-state index contributed by atoms with van der Waals surface area (Å²) in [7, 11) is 2.08. The molecule has 1 aromatic rings. The first-order valence-corrected chi connectivity index (χ1v) is 5.88. The number of amidine groups is 1. The third-order valence-corrected chi connectivity index (χ3v) is 3.42. The van der Waals surface area contributed by atoms with Gasteiger partial charge in [-0.25, -0.2) is 0 Å². The number of hydrogen-bond acceptors (Lipinski definition) is 3. The molecule has 0 radical (unpaired) electrons. The highest BCUT2D eigenvalue weighted by molar-refractivity contribution is 5.95. The molecule has 4 nitrogen and oxygen atoms in total. The van der Waals surface area contributed by atoms with E-state index < -0.39 is 0 Å². The predicted octanol–water partition coefficient (Wildman–Crippen LogP) is 1.58. The molecule has 2 rings (SSSR count). The molecule has 1 heterocycles. The molecular formula is C13H19N3O. The molecule has 0 bridgehead atoms. The summed E-state index contributed by atoms with van der Waals surface area (Å²) >= 11 is 0. The largest absolute Gasteiger partial charge is 0.384 e. The molecule has 0 aromatic heterocycles. The molecule has 0 spiro atoms. The highest BCUT2D eigenvalue weighted by Gasteiger charge is 2.27. The van der Waals surface area contributed by atoms with E-state index in [0.717, 1.165) is 24.3 Å². The van der Waals surface area contributed by atoms with Gasteiger partial charge < -0.3 is 15.4 Å². The highest BCUT2D eigenvalue weighted by atomic mass is 16.5. The normalized spacial score (nSPS) is 23.6. The van der Waals surface area contributed by atoms with Crippen LogP contribution in [0.1, 0.15) is 18.9 Å². The molecule has 0 amide bonds. The maximum absolute atomic E-state index is 7.36. The molecule has 3 N–H and O–H groups in total. The smallest absolute Gasteiger partial charge is 0.122 e. The van der Waals surface area contributed by atoms with Crippen LogP contribution in [0.3, 0.4) is 0 Å². The van der Waals surface area contributed by atoms with Crippen LogP contribution >= 0.6 is 0 Å². The summed E-state index contributed by atoms with van der Waals surface area (Å²) in [5.74, 6) is 0.108. The number of rotatable bonds is 3. The number of anilines is 1.